The van der Waals surface area contributed by atoms with E-state index >= 15 is 0 Å². The van der Waals surface area contributed by atoms with Crippen molar-refractivity contribution in [2.45, 2.75) is 13.5 Å². The molecule has 2 N–H and O–H groups in total. The highest BCUT2D eigenvalue weighted by molar-refractivity contribution is 6.06. The third kappa shape index (κ3) is 4.51. The molecule has 1 heterocycles. The van der Waals surface area contributed by atoms with E-state index in [2.05, 4.69) is 20.7 Å². The number of fused-ring (bicyclic) bond motifs is 1. The molecule has 0 spiro atoms. The van der Waals surface area contributed by atoms with E-state index in [1.807, 2.05) is 54.6 Å². The lowest BCUT2D eigenvalue weighted by atomic mass is 10.1. The molecule has 7 heteroatoms. The average molecular weight is 412 g/mol. The number of benzene rings is 3. The number of H-pyrrole nitrogens is 1. The van der Waals surface area contributed by atoms with E-state index in [1.54, 1.807) is 31.2 Å². The first kappa shape index (κ1) is 20.0. The molecule has 0 atom stereocenters. The van der Waals surface area contributed by atoms with Crippen molar-refractivity contribution in [3.63, 3.8) is 0 Å². The maximum Gasteiger partial charge on any atom is 0.292 e. The van der Waals surface area contributed by atoms with Crippen molar-refractivity contribution in [2.75, 3.05) is 0 Å². The largest absolute Gasteiger partial charge is 0.488 e. The highest BCUT2D eigenvalue weighted by Crippen LogP contribution is 2.20. The van der Waals surface area contributed by atoms with Crippen LogP contribution in [0.25, 0.3) is 10.8 Å². The van der Waals surface area contributed by atoms with Crippen molar-refractivity contribution < 1.29 is 9.53 Å². The smallest absolute Gasteiger partial charge is 0.292 e. The predicted molar refractivity (Wildman–Crippen MR) is 119 cm³/mol. The lowest BCUT2D eigenvalue weighted by molar-refractivity contribution is 0.0950. The van der Waals surface area contributed by atoms with Crippen LogP contribution < -0.4 is 15.7 Å². The first-order valence-electron chi connectivity index (χ1n) is 9.71. The number of nitrogens with zero attached hydrogens (tertiary/aromatic N) is 2. The van der Waals surface area contributed by atoms with Gasteiger partial charge in [0, 0.05) is 10.9 Å². The number of hydrogen-bond donors (Lipinski definition) is 2. The number of hydrogen-bond acceptors (Lipinski definition) is 5. The van der Waals surface area contributed by atoms with Crippen LogP contribution in [0, 0.1) is 0 Å². The molecule has 1 amide bonds. The summed E-state index contributed by atoms with van der Waals surface area (Å²) < 4.78 is 5.96. The summed E-state index contributed by atoms with van der Waals surface area (Å²) in [6.07, 6.45) is 0. The number of rotatable bonds is 6. The molecule has 31 heavy (non-hydrogen) atoms. The van der Waals surface area contributed by atoms with Crippen LogP contribution in [0.5, 0.6) is 5.75 Å². The predicted octanol–water partition coefficient (Wildman–Crippen LogP) is 3.66. The second kappa shape index (κ2) is 9.04. The highest BCUT2D eigenvalue weighted by Gasteiger charge is 2.14. The number of carbonyl (C=O) groups is 1. The van der Waals surface area contributed by atoms with Crippen molar-refractivity contribution in [1.29, 1.82) is 0 Å². The Morgan fingerprint density at radius 1 is 0.968 bits per heavy atom. The molecule has 0 saturated carbocycles. The molecule has 0 radical (unpaired) electrons. The van der Waals surface area contributed by atoms with Crippen LogP contribution in [0.3, 0.4) is 0 Å². The van der Waals surface area contributed by atoms with Crippen molar-refractivity contribution >= 4 is 22.4 Å². The number of aromatic nitrogens is 2. The summed E-state index contributed by atoms with van der Waals surface area (Å²) in [5.74, 6) is 0.143. The molecule has 0 bridgehead atoms. The first-order chi connectivity index (χ1) is 15.1. The molecule has 0 aliphatic rings. The van der Waals surface area contributed by atoms with Gasteiger partial charge in [0.1, 0.15) is 12.4 Å². The van der Waals surface area contributed by atoms with Crippen LogP contribution in [0.1, 0.15) is 28.5 Å². The van der Waals surface area contributed by atoms with Crippen LogP contribution in [0.2, 0.25) is 0 Å². The Labute approximate surface area is 178 Å². The Morgan fingerprint density at radius 3 is 2.45 bits per heavy atom. The molecule has 0 unspecified atom stereocenters. The van der Waals surface area contributed by atoms with E-state index < -0.39 is 5.91 Å². The number of nitrogens with one attached hydrogen (secondary N) is 2. The van der Waals surface area contributed by atoms with Gasteiger partial charge in [-0.25, -0.2) is 10.5 Å². The van der Waals surface area contributed by atoms with Crippen LogP contribution in [0.15, 0.2) is 88.8 Å². The van der Waals surface area contributed by atoms with Crippen LogP contribution >= 0.6 is 0 Å². The number of ether oxygens (including phenoxy) is 1. The number of aromatic amines is 1. The summed E-state index contributed by atoms with van der Waals surface area (Å²) in [7, 11) is 0. The third-order valence-electron chi connectivity index (χ3n) is 4.75. The van der Waals surface area contributed by atoms with E-state index in [0.717, 1.165) is 11.1 Å². The minimum absolute atomic E-state index is 0.0976. The van der Waals surface area contributed by atoms with E-state index in [-0.39, 0.29) is 11.3 Å². The van der Waals surface area contributed by atoms with Crippen LogP contribution in [0.4, 0.5) is 0 Å². The third-order valence-corrected chi connectivity index (χ3v) is 4.75. The normalized spacial score (nSPS) is 11.3. The molecular weight excluding hydrogens is 392 g/mol. The van der Waals surface area contributed by atoms with Gasteiger partial charge in [0.25, 0.3) is 11.5 Å². The van der Waals surface area contributed by atoms with Crippen molar-refractivity contribution in [2.24, 2.45) is 5.10 Å². The fourth-order valence-corrected chi connectivity index (χ4v) is 3.16. The van der Waals surface area contributed by atoms with Crippen molar-refractivity contribution in [1.82, 2.24) is 15.6 Å². The van der Waals surface area contributed by atoms with Gasteiger partial charge in [0.2, 0.25) is 0 Å². The van der Waals surface area contributed by atoms with Gasteiger partial charge in [0.05, 0.1) is 11.1 Å². The highest BCUT2D eigenvalue weighted by atomic mass is 16.5. The zero-order valence-corrected chi connectivity index (χ0v) is 16.8. The Bertz CT molecular complexity index is 1310. The standard InChI is InChI=1S/C24H20N4O3/c1-16(18-11-7-8-14-21(18)31-15-17-9-3-2-4-10-17)25-28-24(30)22-19-12-5-6-13-20(19)23(29)27-26-22/h2-14H,15H2,1H3,(H,27,29)(H,28,30)/b25-16-. The minimum Gasteiger partial charge on any atom is -0.488 e. The van der Waals surface area contributed by atoms with Gasteiger partial charge in [-0.1, -0.05) is 60.7 Å². The van der Waals surface area contributed by atoms with Gasteiger partial charge in [-0.3, -0.25) is 9.59 Å². The lowest BCUT2D eigenvalue weighted by Gasteiger charge is -2.11. The first-order valence-corrected chi connectivity index (χ1v) is 9.71. The Kier molecular flexibility index (Phi) is 5.84. The molecule has 0 saturated heterocycles. The fraction of sp³-hybridized carbons (Fsp3) is 0.0833. The lowest BCUT2D eigenvalue weighted by Crippen LogP contribution is -2.23. The number of hydrazone groups is 1. The molecule has 0 aliphatic heterocycles. The zero-order valence-electron chi connectivity index (χ0n) is 16.8. The van der Waals surface area contributed by atoms with Gasteiger partial charge in [-0.05, 0) is 30.7 Å². The molecule has 3 aromatic carbocycles. The van der Waals surface area contributed by atoms with Crippen molar-refractivity contribution in [3.05, 3.63) is 106 Å². The van der Waals surface area contributed by atoms with Crippen LogP contribution in [-0.2, 0) is 6.61 Å². The average Bonchev–Trinajstić information content (AvgIpc) is 2.82. The molecule has 0 fully saturated rings. The van der Waals surface area contributed by atoms with E-state index in [4.69, 9.17) is 4.74 Å². The van der Waals surface area contributed by atoms with Gasteiger partial charge < -0.3 is 4.74 Å². The van der Waals surface area contributed by atoms with E-state index in [9.17, 15) is 9.59 Å². The maximum atomic E-state index is 12.7. The number of carbonyl (C=O) groups excluding carboxylic acids is 1. The second-order valence-corrected chi connectivity index (χ2v) is 6.86. The molecular formula is C24H20N4O3. The van der Waals surface area contributed by atoms with Gasteiger partial charge in [-0.15, -0.1) is 0 Å². The van der Waals surface area contributed by atoms with Crippen LogP contribution in [-0.4, -0.2) is 21.8 Å². The molecule has 1 aromatic heterocycles. The monoisotopic (exact) mass is 412 g/mol. The molecule has 154 valence electrons. The molecule has 4 aromatic rings. The Balaban J connectivity index is 1.54. The number of amides is 1. The number of para-hydroxylation sites is 1. The SMILES string of the molecule is C/C(=N/NC(=O)c1n[nH]c(=O)c2ccccc12)c1ccccc1OCc1ccccc1. The summed E-state index contributed by atoms with van der Waals surface area (Å²) in [6.45, 7) is 2.20. The quantitative estimate of drug-likeness (QED) is 0.373. The molecule has 7 nitrogen and oxygen atoms in total. The summed E-state index contributed by atoms with van der Waals surface area (Å²) in [6, 6.07) is 24.1. The summed E-state index contributed by atoms with van der Waals surface area (Å²) in [5.41, 5.74) is 4.65. The van der Waals surface area contributed by atoms with Gasteiger partial charge >= 0.3 is 0 Å². The van der Waals surface area contributed by atoms with E-state index in [1.165, 1.54) is 0 Å². The zero-order chi connectivity index (χ0) is 21.6. The molecule has 0 aliphatic carbocycles. The fourth-order valence-electron chi connectivity index (χ4n) is 3.16. The van der Waals surface area contributed by atoms with Gasteiger partial charge in [0.15, 0.2) is 5.69 Å². The minimum atomic E-state index is -0.519. The molecule has 4 rings (SSSR count). The van der Waals surface area contributed by atoms with E-state index in [0.29, 0.717) is 28.8 Å². The maximum absolute atomic E-state index is 12.7. The summed E-state index contributed by atoms with van der Waals surface area (Å²) in [4.78, 5) is 24.6. The van der Waals surface area contributed by atoms with Gasteiger partial charge in [-0.2, -0.15) is 10.2 Å². The summed E-state index contributed by atoms with van der Waals surface area (Å²) in [5, 5.41) is 11.3. The Morgan fingerprint density at radius 2 is 1.65 bits per heavy atom. The van der Waals surface area contributed by atoms with Crippen molar-refractivity contribution in [3.8, 4) is 5.75 Å². The Hall–Kier alpha value is -4.26. The summed E-state index contributed by atoms with van der Waals surface area (Å²) >= 11 is 0. The second-order valence-electron chi connectivity index (χ2n) is 6.86. The topological polar surface area (TPSA) is 96.4 Å².